The van der Waals surface area contributed by atoms with Gasteiger partial charge in [-0.25, -0.2) is 4.79 Å². The van der Waals surface area contributed by atoms with E-state index in [2.05, 4.69) is 19.2 Å². The SMILES string of the molecule is COC(=O)C(NC(C)=O)c1ccc(CC(C)C)cc1. The summed E-state index contributed by atoms with van der Waals surface area (Å²) in [6, 6.07) is 6.93. The molecule has 1 atom stereocenters. The van der Waals surface area contributed by atoms with Gasteiger partial charge < -0.3 is 10.1 Å². The van der Waals surface area contributed by atoms with Crippen LogP contribution in [-0.4, -0.2) is 19.0 Å². The number of carbonyl (C=O) groups is 2. The molecule has 0 radical (unpaired) electrons. The van der Waals surface area contributed by atoms with Crippen LogP contribution in [0, 0.1) is 5.92 Å². The molecule has 1 N–H and O–H groups in total. The Morgan fingerprint density at radius 2 is 1.79 bits per heavy atom. The molecule has 0 heterocycles. The molecule has 0 bridgehead atoms. The quantitative estimate of drug-likeness (QED) is 0.829. The number of benzene rings is 1. The number of hydrogen-bond donors (Lipinski definition) is 1. The lowest BCUT2D eigenvalue weighted by molar-refractivity contribution is -0.145. The Morgan fingerprint density at radius 1 is 1.21 bits per heavy atom. The standard InChI is InChI=1S/C15H21NO3/c1-10(2)9-12-5-7-13(8-6-12)14(15(18)19-4)16-11(3)17/h5-8,10,14H,9H2,1-4H3,(H,16,17). The third-order valence-corrected chi connectivity index (χ3v) is 2.74. The molecule has 0 saturated carbocycles. The molecule has 4 heteroatoms. The normalized spacial score (nSPS) is 12.1. The Morgan fingerprint density at radius 3 is 2.21 bits per heavy atom. The smallest absolute Gasteiger partial charge is 0.333 e. The van der Waals surface area contributed by atoms with Gasteiger partial charge in [0.05, 0.1) is 7.11 Å². The van der Waals surface area contributed by atoms with E-state index in [1.807, 2.05) is 24.3 Å². The second kappa shape index (κ2) is 6.92. The van der Waals surface area contributed by atoms with Crippen LogP contribution in [-0.2, 0) is 20.7 Å². The molecule has 0 aliphatic rings. The first-order valence-electron chi connectivity index (χ1n) is 6.37. The van der Waals surface area contributed by atoms with E-state index in [-0.39, 0.29) is 5.91 Å². The first kappa shape index (κ1) is 15.2. The number of hydrogen-bond acceptors (Lipinski definition) is 3. The van der Waals surface area contributed by atoms with Gasteiger partial charge in [-0.15, -0.1) is 0 Å². The minimum atomic E-state index is -0.740. The Labute approximate surface area is 114 Å². The van der Waals surface area contributed by atoms with Crippen molar-refractivity contribution in [2.75, 3.05) is 7.11 Å². The van der Waals surface area contributed by atoms with Crippen molar-refractivity contribution in [1.29, 1.82) is 0 Å². The summed E-state index contributed by atoms with van der Waals surface area (Å²) in [7, 11) is 1.31. The number of esters is 1. The Bertz CT molecular complexity index is 437. The van der Waals surface area contributed by atoms with Crippen LogP contribution in [0.3, 0.4) is 0 Å². The minimum absolute atomic E-state index is 0.262. The molecule has 0 aliphatic carbocycles. The lowest BCUT2D eigenvalue weighted by atomic mass is 9.99. The van der Waals surface area contributed by atoms with E-state index < -0.39 is 12.0 Å². The fourth-order valence-electron chi connectivity index (χ4n) is 1.92. The molecule has 4 nitrogen and oxygen atoms in total. The monoisotopic (exact) mass is 263 g/mol. The van der Waals surface area contributed by atoms with Crippen LogP contribution < -0.4 is 5.32 Å². The third-order valence-electron chi connectivity index (χ3n) is 2.74. The van der Waals surface area contributed by atoms with Gasteiger partial charge in [0.1, 0.15) is 0 Å². The third kappa shape index (κ3) is 4.73. The van der Waals surface area contributed by atoms with Crippen molar-refractivity contribution < 1.29 is 14.3 Å². The summed E-state index contributed by atoms with van der Waals surface area (Å²) >= 11 is 0. The summed E-state index contributed by atoms with van der Waals surface area (Å²) in [4.78, 5) is 22.8. The lowest BCUT2D eigenvalue weighted by Crippen LogP contribution is -2.32. The van der Waals surface area contributed by atoms with E-state index in [1.165, 1.54) is 19.6 Å². The predicted molar refractivity (Wildman–Crippen MR) is 73.6 cm³/mol. The first-order chi connectivity index (χ1) is 8.93. The fraction of sp³-hybridized carbons (Fsp3) is 0.467. The van der Waals surface area contributed by atoms with Gasteiger partial charge in [-0.1, -0.05) is 38.1 Å². The van der Waals surface area contributed by atoms with Gasteiger partial charge in [-0.2, -0.15) is 0 Å². The van der Waals surface area contributed by atoms with Crippen LogP contribution in [0.15, 0.2) is 24.3 Å². The highest BCUT2D eigenvalue weighted by atomic mass is 16.5. The minimum Gasteiger partial charge on any atom is -0.467 e. The van der Waals surface area contributed by atoms with E-state index in [0.29, 0.717) is 5.92 Å². The van der Waals surface area contributed by atoms with Crippen LogP contribution in [0.2, 0.25) is 0 Å². The van der Waals surface area contributed by atoms with Gasteiger partial charge in [-0.3, -0.25) is 4.79 Å². The molecule has 1 aromatic rings. The molecule has 1 unspecified atom stereocenters. The summed E-state index contributed by atoms with van der Waals surface area (Å²) in [6.07, 6.45) is 0.989. The molecule has 0 aromatic heterocycles. The summed E-state index contributed by atoms with van der Waals surface area (Å²) in [5, 5.41) is 2.59. The Hall–Kier alpha value is -1.84. The number of ether oxygens (including phenoxy) is 1. The van der Waals surface area contributed by atoms with Crippen molar-refractivity contribution in [1.82, 2.24) is 5.32 Å². The number of amides is 1. The van der Waals surface area contributed by atoms with Crippen LogP contribution in [0.25, 0.3) is 0 Å². The highest BCUT2D eigenvalue weighted by molar-refractivity contribution is 5.84. The largest absolute Gasteiger partial charge is 0.467 e. The first-order valence-corrected chi connectivity index (χ1v) is 6.37. The highest BCUT2D eigenvalue weighted by Gasteiger charge is 2.22. The number of carbonyl (C=O) groups excluding carboxylic acids is 2. The second-order valence-electron chi connectivity index (χ2n) is 5.00. The zero-order valence-electron chi connectivity index (χ0n) is 11.9. The number of methoxy groups -OCH3 is 1. The van der Waals surface area contributed by atoms with Crippen molar-refractivity contribution in [3.05, 3.63) is 35.4 Å². The maximum atomic E-state index is 11.7. The molecular weight excluding hydrogens is 242 g/mol. The predicted octanol–water partition coefficient (Wildman–Crippen LogP) is 2.24. The Balaban J connectivity index is 2.90. The van der Waals surface area contributed by atoms with Gasteiger partial charge >= 0.3 is 5.97 Å². The van der Waals surface area contributed by atoms with Gasteiger partial charge in [0, 0.05) is 6.92 Å². The molecule has 1 rings (SSSR count). The summed E-state index contributed by atoms with van der Waals surface area (Å²) in [5.41, 5.74) is 1.94. The molecule has 19 heavy (non-hydrogen) atoms. The van der Waals surface area contributed by atoms with Crippen LogP contribution in [0.1, 0.15) is 37.9 Å². The van der Waals surface area contributed by atoms with Crippen molar-refractivity contribution >= 4 is 11.9 Å². The summed E-state index contributed by atoms with van der Waals surface area (Å²) in [5.74, 6) is -0.147. The van der Waals surface area contributed by atoms with Crippen LogP contribution in [0.4, 0.5) is 0 Å². The van der Waals surface area contributed by atoms with Crippen molar-refractivity contribution in [3.8, 4) is 0 Å². The van der Waals surface area contributed by atoms with E-state index in [4.69, 9.17) is 4.74 Å². The van der Waals surface area contributed by atoms with Gasteiger partial charge in [-0.05, 0) is 23.5 Å². The average Bonchev–Trinajstić information content (AvgIpc) is 2.35. The van der Waals surface area contributed by atoms with Gasteiger partial charge in [0.25, 0.3) is 0 Å². The van der Waals surface area contributed by atoms with Gasteiger partial charge in [0.2, 0.25) is 5.91 Å². The maximum Gasteiger partial charge on any atom is 0.333 e. The molecule has 0 spiro atoms. The molecule has 104 valence electrons. The number of nitrogens with one attached hydrogen (secondary N) is 1. The van der Waals surface area contributed by atoms with Gasteiger partial charge in [0.15, 0.2) is 6.04 Å². The molecule has 0 saturated heterocycles. The van der Waals surface area contributed by atoms with E-state index in [9.17, 15) is 9.59 Å². The summed E-state index contributed by atoms with van der Waals surface area (Å²) in [6.45, 7) is 5.69. The number of rotatable bonds is 5. The highest BCUT2D eigenvalue weighted by Crippen LogP contribution is 2.17. The second-order valence-corrected chi connectivity index (χ2v) is 5.00. The molecule has 1 amide bonds. The van der Waals surface area contributed by atoms with Crippen LogP contribution in [0.5, 0.6) is 0 Å². The maximum absolute atomic E-state index is 11.7. The van der Waals surface area contributed by atoms with E-state index >= 15 is 0 Å². The van der Waals surface area contributed by atoms with E-state index in [0.717, 1.165) is 12.0 Å². The lowest BCUT2D eigenvalue weighted by Gasteiger charge is -2.16. The topological polar surface area (TPSA) is 55.4 Å². The molecule has 0 aliphatic heterocycles. The van der Waals surface area contributed by atoms with Crippen molar-refractivity contribution in [2.45, 2.75) is 33.2 Å². The average molecular weight is 263 g/mol. The van der Waals surface area contributed by atoms with E-state index in [1.54, 1.807) is 0 Å². The zero-order chi connectivity index (χ0) is 14.4. The van der Waals surface area contributed by atoms with Crippen LogP contribution >= 0.6 is 0 Å². The molecular formula is C15H21NO3. The van der Waals surface area contributed by atoms with Crippen molar-refractivity contribution in [3.63, 3.8) is 0 Å². The molecule has 1 aromatic carbocycles. The fourth-order valence-corrected chi connectivity index (χ4v) is 1.92. The molecule has 0 fully saturated rings. The summed E-state index contributed by atoms with van der Waals surface area (Å²) < 4.78 is 4.71. The Kier molecular flexibility index (Phi) is 5.55. The van der Waals surface area contributed by atoms with Crippen molar-refractivity contribution in [2.24, 2.45) is 5.92 Å². The zero-order valence-corrected chi connectivity index (χ0v) is 11.9.